The second-order valence-corrected chi connectivity index (χ2v) is 7.55. The highest BCUT2D eigenvalue weighted by Gasteiger charge is 2.30. The number of ether oxygens (including phenoxy) is 1. The van der Waals surface area contributed by atoms with E-state index in [1.807, 2.05) is 25.3 Å². The topological polar surface area (TPSA) is 65.0 Å². The quantitative estimate of drug-likeness (QED) is 0.660. The number of carbonyl (C=O) groups excluding carboxylic acids is 1. The zero-order valence-corrected chi connectivity index (χ0v) is 16.5. The van der Waals surface area contributed by atoms with Gasteiger partial charge in [0, 0.05) is 42.1 Å². The average Bonchev–Trinajstić information content (AvgIpc) is 2.72. The van der Waals surface area contributed by atoms with Crippen molar-refractivity contribution in [3.8, 4) is 5.88 Å². The third kappa shape index (κ3) is 4.90. The van der Waals surface area contributed by atoms with Crippen molar-refractivity contribution < 1.29 is 9.53 Å². The first-order valence-electron chi connectivity index (χ1n) is 9.93. The van der Waals surface area contributed by atoms with Crippen LogP contribution < -0.4 is 4.74 Å². The Labute approximate surface area is 161 Å². The number of carbonyl (C=O) groups is 1. The number of ketones is 1. The average molecular weight is 367 g/mol. The van der Waals surface area contributed by atoms with Crippen molar-refractivity contribution in [2.75, 3.05) is 7.11 Å². The third-order valence-corrected chi connectivity index (χ3v) is 5.86. The molecule has 1 atom stereocenters. The summed E-state index contributed by atoms with van der Waals surface area (Å²) < 4.78 is 5.07. The lowest BCUT2D eigenvalue weighted by Gasteiger charge is -2.32. The van der Waals surface area contributed by atoms with Crippen LogP contribution in [-0.4, -0.2) is 27.8 Å². The van der Waals surface area contributed by atoms with Crippen LogP contribution in [0.5, 0.6) is 5.88 Å². The van der Waals surface area contributed by atoms with Gasteiger partial charge >= 0.3 is 0 Å². The van der Waals surface area contributed by atoms with Crippen molar-refractivity contribution in [1.29, 1.82) is 0 Å². The van der Waals surface area contributed by atoms with Crippen LogP contribution in [0, 0.1) is 18.8 Å². The van der Waals surface area contributed by atoms with E-state index < -0.39 is 0 Å². The summed E-state index contributed by atoms with van der Waals surface area (Å²) in [5.74, 6) is 3.20. The van der Waals surface area contributed by atoms with Crippen molar-refractivity contribution >= 4 is 5.78 Å². The second-order valence-electron chi connectivity index (χ2n) is 7.55. The molecule has 144 valence electrons. The Morgan fingerprint density at radius 2 is 1.96 bits per heavy atom. The Morgan fingerprint density at radius 3 is 2.56 bits per heavy atom. The minimum absolute atomic E-state index is 0.182. The van der Waals surface area contributed by atoms with Gasteiger partial charge in [-0.1, -0.05) is 13.3 Å². The largest absolute Gasteiger partial charge is 0.481 e. The molecule has 1 unspecified atom stereocenters. The van der Waals surface area contributed by atoms with Crippen molar-refractivity contribution in [3.05, 3.63) is 47.7 Å². The van der Waals surface area contributed by atoms with Crippen LogP contribution in [-0.2, 0) is 0 Å². The highest BCUT2D eigenvalue weighted by atomic mass is 16.5. The van der Waals surface area contributed by atoms with Crippen molar-refractivity contribution in [2.45, 2.75) is 58.3 Å². The second kappa shape index (κ2) is 9.07. The number of methoxy groups -OCH3 is 1. The molecule has 1 fully saturated rings. The van der Waals surface area contributed by atoms with Crippen molar-refractivity contribution in [3.63, 3.8) is 0 Å². The predicted molar refractivity (Wildman–Crippen MR) is 105 cm³/mol. The first kappa shape index (κ1) is 19.5. The van der Waals surface area contributed by atoms with Crippen LogP contribution in [0.1, 0.15) is 73.2 Å². The van der Waals surface area contributed by atoms with Crippen molar-refractivity contribution in [1.82, 2.24) is 15.0 Å². The molecule has 0 aliphatic heterocycles. The molecule has 3 rings (SSSR count). The summed E-state index contributed by atoms with van der Waals surface area (Å²) in [5.41, 5.74) is 1.71. The molecule has 0 aromatic carbocycles. The molecule has 0 bridgehead atoms. The van der Waals surface area contributed by atoms with Gasteiger partial charge in [0.2, 0.25) is 5.88 Å². The summed E-state index contributed by atoms with van der Waals surface area (Å²) in [7, 11) is 1.58. The highest BCUT2D eigenvalue weighted by Crippen LogP contribution is 2.40. The van der Waals surface area contributed by atoms with Crippen LogP contribution in [0.4, 0.5) is 0 Å². The number of nitrogens with zero attached hydrogens (tertiary/aromatic N) is 3. The van der Waals surface area contributed by atoms with Gasteiger partial charge in [-0.25, -0.2) is 15.0 Å². The lowest BCUT2D eigenvalue weighted by molar-refractivity contribution is 0.0925. The van der Waals surface area contributed by atoms with Crippen LogP contribution in [0.2, 0.25) is 0 Å². The monoisotopic (exact) mass is 367 g/mol. The Bertz CT molecular complexity index is 752. The zero-order valence-electron chi connectivity index (χ0n) is 16.5. The molecule has 0 amide bonds. The smallest absolute Gasteiger partial charge is 0.212 e. The van der Waals surface area contributed by atoms with E-state index in [9.17, 15) is 4.79 Å². The van der Waals surface area contributed by atoms with E-state index in [0.29, 0.717) is 35.6 Å². The molecule has 2 aromatic rings. The Morgan fingerprint density at radius 1 is 1.19 bits per heavy atom. The van der Waals surface area contributed by atoms with Gasteiger partial charge in [-0.05, 0) is 56.6 Å². The van der Waals surface area contributed by atoms with E-state index in [0.717, 1.165) is 43.6 Å². The maximum Gasteiger partial charge on any atom is 0.212 e. The van der Waals surface area contributed by atoms with Crippen LogP contribution >= 0.6 is 0 Å². The maximum absolute atomic E-state index is 12.7. The molecule has 5 nitrogen and oxygen atoms in total. The molecule has 1 aliphatic rings. The molecular formula is C22H29N3O2. The number of hydrogen-bond donors (Lipinski definition) is 0. The van der Waals surface area contributed by atoms with Crippen molar-refractivity contribution in [2.24, 2.45) is 11.8 Å². The SMILES string of the molecule is CCC(CC(=O)c1ccc(OC)nc1)C1CCC(c2nccc(C)n2)CC1. The van der Waals surface area contributed by atoms with Gasteiger partial charge in [0.15, 0.2) is 5.78 Å². The summed E-state index contributed by atoms with van der Waals surface area (Å²) in [5, 5.41) is 0. The number of hydrogen-bond acceptors (Lipinski definition) is 5. The van der Waals surface area contributed by atoms with Crippen LogP contribution in [0.15, 0.2) is 30.6 Å². The number of Topliss-reactive ketones (excluding diaryl/α,β-unsaturated/α-hetero) is 1. The zero-order chi connectivity index (χ0) is 19.2. The molecule has 5 heteroatoms. The number of rotatable bonds is 7. The van der Waals surface area contributed by atoms with E-state index in [4.69, 9.17) is 4.74 Å². The number of pyridine rings is 1. The van der Waals surface area contributed by atoms with Crippen LogP contribution in [0.3, 0.4) is 0 Å². The summed E-state index contributed by atoms with van der Waals surface area (Å²) >= 11 is 0. The summed E-state index contributed by atoms with van der Waals surface area (Å²) in [6, 6.07) is 5.51. The molecule has 2 aromatic heterocycles. The normalized spacial score (nSPS) is 20.9. The molecule has 1 saturated carbocycles. The van der Waals surface area contributed by atoms with Gasteiger partial charge in [0.25, 0.3) is 0 Å². The minimum atomic E-state index is 0.182. The fourth-order valence-electron chi connectivity index (χ4n) is 4.18. The molecule has 0 saturated heterocycles. The van der Waals surface area contributed by atoms with E-state index in [-0.39, 0.29) is 5.78 Å². The summed E-state index contributed by atoms with van der Waals surface area (Å²) in [6.45, 7) is 4.21. The molecule has 27 heavy (non-hydrogen) atoms. The lowest BCUT2D eigenvalue weighted by atomic mass is 9.73. The minimum Gasteiger partial charge on any atom is -0.481 e. The van der Waals surface area contributed by atoms with Gasteiger partial charge in [-0.2, -0.15) is 0 Å². The first-order chi connectivity index (χ1) is 13.1. The predicted octanol–water partition coefficient (Wildman–Crippen LogP) is 4.76. The number of aromatic nitrogens is 3. The molecule has 0 spiro atoms. The van der Waals surface area contributed by atoms with Crippen LogP contribution in [0.25, 0.3) is 0 Å². The summed E-state index contributed by atoms with van der Waals surface area (Å²) in [6.07, 6.45) is 9.64. The van der Waals surface area contributed by atoms with E-state index in [1.165, 1.54) is 0 Å². The third-order valence-electron chi connectivity index (χ3n) is 5.86. The number of aryl methyl sites for hydroxylation is 1. The summed E-state index contributed by atoms with van der Waals surface area (Å²) in [4.78, 5) is 25.9. The maximum atomic E-state index is 12.7. The fraction of sp³-hybridized carbons (Fsp3) is 0.545. The van der Waals surface area contributed by atoms with Gasteiger partial charge in [-0.3, -0.25) is 4.79 Å². The van der Waals surface area contributed by atoms with E-state index in [2.05, 4.69) is 21.9 Å². The van der Waals surface area contributed by atoms with Gasteiger partial charge in [0.1, 0.15) is 5.82 Å². The Hall–Kier alpha value is -2.30. The van der Waals surface area contributed by atoms with E-state index in [1.54, 1.807) is 19.4 Å². The molecule has 0 radical (unpaired) electrons. The molecular weight excluding hydrogens is 338 g/mol. The Kier molecular flexibility index (Phi) is 6.54. The fourth-order valence-corrected chi connectivity index (χ4v) is 4.18. The lowest BCUT2D eigenvalue weighted by Crippen LogP contribution is -2.24. The standard InChI is InChI=1S/C22H29N3O2/c1-4-16(13-20(26)19-9-10-21(27-3)24-14-19)17-5-7-18(8-6-17)22-23-12-11-15(2)25-22/h9-12,14,16-18H,4-8,13H2,1-3H3. The molecule has 2 heterocycles. The molecule has 1 aliphatic carbocycles. The van der Waals surface area contributed by atoms with Gasteiger partial charge in [0.05, 0.1) is 7.11 Å². The highest BCUT2D eigenvalue weighted by molar-refractivity contribution is 5.95. The molecule has 0 N–H and O–H groups in total. The Balaban J connectivity index is 1.57. The first-order valence-corrected chi connectivity index (χ1v) is 9.93. The van der Waals surface area contributed by atoms with Gasteiger partial charge in [-0.15, -0.1) is 0 Å². The van der Waals surface area contributed by atoms with Gasteiger partial charge < -0.3 is 4.74 Å². The van der Waals surface area contributed by atoms with E-state index >= 15 is 0 Å².